The van der Waals surface area contributed by atoms with Gasteiger partial charge < -0.3 is 15.0 Å². The number of hydrogen-bond acceptors (Lipinski definition) is 3. The largest absolute Gasteiger partial charge is 0.480 e. The van der Waals surface area contributed by atoms with Crippen LogP contribution in [0.5, 0.6) is 5.75 Å². The molecule has 1 aromatic rings. The van der Waals surface area contributed by atoms with Crippen LogP contribution in [0, 0.1) is 17.7 Å². The second kappa shape index (κ2) is 9.25. The van der Waals surface area contributed by atoms with Crippen LogP contribution in [0.25, 0.3) is 0 Å². The van der Waals surface area contributed by atoms with E-state index in [2.05, 4.69) is 5.32 Å². The molecule has 0 aromatic heterocycles. The number of rotatable bonds is 5. The summed E-state index contributed by atoms with van der Waals surface area (Å²) in [7, 11) is 0. The Balaban J connectivity index is 1.19. The fourth-order valence-corrected chi connectivity index (χ4v) is 5.04. The van der Waals surface area contributed by atoms with Gasteiger partial charge >= 0.3 is 0 Å². The summed E-state index contributed by atoms with van der Waals surface area (Å²) in [5.41, 5.74) is 0.872. The molecule has 3 aliphatic heterocycles. The Morgan fingerprint density at radius 1 is 1.07 bits per heavy atom. The summed E-state index contributed by atoms with van der Waals surface area (Å²) >= 11 is 0. The molecule has 4 nitrogen and oxygen atoms in total. The molecule has 5 heteroatoms. The second-order valence-corrected chi connectivity index (χ2v) is 8.79. The van der Waals surface area contributed by atoms with Crippen LogP contribution in [0.4, 0.5) is 4.39 Å². The van der Waals surface area contributed by atoms with E-state index in [1.165, 1.54) is 57.3 Å². The zero-order chi connectivity index (χ0) is 19.3. The van der Waals surface area contributed by atoms with Gasteiger partial charge in [0.1, 0.15) is 11.6 Å². The smallest absolute Gasteiger partial charge is 0.263 e. The number of nitrogens with zero attached hydrogens (tertiary/aromatic N) is 1. The lowest BCUT2D eigenvalue weighted by Gasteiger charge is -2.35. The standard InChI is InChI=1S/C23H33FN2O2/c24-20-5-7-21-19(16-20)4-6-22(28-21)23(27)26-14-10-18(11-15-26)3-1-2-17-8-12-25-13-9-17/h5,7,16-18,22,25H,1-4,6,8-15H2. The van der Waals surface area contributed by atoms with E-state index in [1.54, 1.807) is 6.07 Å². The Hall–Kier alpha value is -1.62. The molecular formula is C23H33FN2O2. The molecule has 28 heavy (non-hydrogen) atoms. The van der Waals surface area contributed by atoms with Crippen LogP contribution in [0.2, 0.25) is 0 Å². The van der Waals surface area contributed by atoms with E-state index in [9.17, 15) is 9.18 Å². The molecule has 1 atom stereocenters. The Kier molecular flexibility index (Phi) is 6.50. The van der Waals surface area contributed by atoms with Gasteiger partial charge in [-0.15, -0.1) is 0 Å². The first-order chi connectivity index (χ1) is 13.7. The van der Waals surface area contributed by atoms with Crippen molar-refractivity contribution in [1.29, 1.82) is 0 Å². The van der Waals surface area contributed by atoms with Crippen LogP contribution in [0.1, 0.15) is 56.9 Å². The molecule has 0 radical (unpaired) electrons. The molecule has 0 aliphatic carbocycles. The molecule has 2 saturated heterocycles. The molecule has 0 saturated carbocycles. The highest BCUT2D eigenvalue weighted by molar-refractivity contribution is 5.81. The monoisotopic (exact) mass is 388 g/mol. The zero-order valence-electron chi connectivity index (χ0n) is 16.8. The Labute approximate surface area is 167 Å². The van der Waals surface area contributed by atoms with Crippen molar-refractivity contribution in [3.8, 4) is 5.75 Å². The number of likely N-dealkylation sites (tertiary alicyclic amines) is 1. The van der Waals surface area contributed by atoms with Crippen LogP contribution in [-0.2, 0) is 11.2 Å². The van der Waals surface area contributed by atoms with Crippen molar-refractivity contribution in [2.75, 3.05) is 26.2 Å². The minimum Gasteiger partial charge on any atom is -0.480 e. The third-order valence-electron chi connectivity index (χ3n) is 6.85. The van der Waals surface area contributed by atoms with Crippen molar-refractivity contribution in [3.05, 3.63) is 29.6 Å². The highest BCUT2D eigenvalue weighted by Gasteiger charge is 2.32. The first-order valence-electron chi connectivity index (χ1n) is 11.1. The van der Waals surface area contributed by atoms with Crippen molar-refractivity contribution >= 4 is 5.91 Å². The van der Waals surface area contributed by atoms with E-state index in [4.69, 9.17) is 4.74 Å². The van der Waals surface area contributed by atoms with E-state index >= 15 is 0 Å². The van der Waals surface area contributed by atoms with E-state index in [-0.39, 0.29) is 11.7 Å². The summed E-state index contributed by atoms with van der Waals surface area (Å²) in [6.07, 6.45) is 9.87. The molecule has 3 heterocycles. The summed E-state index contributed by atoms with van der Waals surface area (Å²) < 4.78 is 19.2. The van der Waals surface area contributed by atoms with Gasteiger partial charge in [-0.3, -0.25) is 4.79 Å². The van der Waals surface area contributed by atoms with Crippen molar-refractivity contribution in [1.82, 2.24) is 10.2 Å². The molecule has 3 aliphatic rings. The summed E-state index contributed by atoms with van der Waals surface area (Å²) in [5, 5.41) is 3.44. The Morgan fingerprint density at radius 3 is 2.54 bits per heavy atom. The second-order valence-electron chi connectivity index (χ2n) is 8.79. The molecule has 1 amide bonds. The molecule has 0 bridgehead atoms. The molecule has 0 spiro atoms. The predicted molar refractivity (Wildman–Crippen MR) is 108 cm³/mol. The van der Waals surface area contributed by atoms with Gasteiger partial charge in [-0.1, -0.05) is 19.3 Å². The first kappa shape index (κ1) is 19.7. The third kappa shape index (κ3) is 4.86. The van der Waals surface area contributed by atoms with Crippen LogP contribution in [0.15, 0.2) is 18.2 Å². The van der Waals surface area contributed by atoms with Crippen LogP contribution in [-0.4, -0.2) is 43.1 Å². The van der Waals surface area contributed by atoms with Crippen molar-refractivity contribution in [3.63, 3.8) is 0 Å². The number of ether oxygens (including phenoxy) is 1. The number of fused-ring (bicyclic) bond motifs is 1. The van der Waals surface area contributed by atoms with Crippen molar-refractivity contribution < 1.29 is 13.9 Å². The van der Waals surface area contributed by atoms with Gasteiger partial charge in [0.25, 0.3) is 5.91 Å². The average molecular weight is 389 g/mol. The van der Waals surface area contributed by atoms with E-state index in [1.807, 2.05) is 4.90 Å². The molecule has 1 unspecified atom stereocenters. The van der Waals surface area contributed by atoms with Crippen LogP contribution >= 0.6 is 0 Å². The normalized spacial score (nSPS) is 23.9. The number of aryl methyl sites for hydroxylation is 1. The number of carbonyl (C=O) groups excluding carboxylic acids is 1. The van der Waals surface area contributed by atoms with Gasteiger partial charge in [0.15, 0.2) is 6.10 Å². The molecule has 1 N–H and O–H groups in total. The van der Waals surface area contributed by atoms with Gasteiger partial charge in [-0.05, 0) is 87.2 Å². The highest BCUT2D eigenvalue weighted by atomic mass is 19.1. The number of nitrogens with one attached hydrogen (secondary N) is 1. The topological polar surface area (TPSA) is 41.6 Å². The predicted octanol–water partition coefficient (Wildman–Crippen LogP) is 3.93. The van der Waals surface area contributed by atoms with E-state index in [0.717, 1.165) is 43.3 Å². The van der Waals surface area contributed by atoms with Gasteiger partial charge in [0.2, 0.25) is 0 Å². The lowest BCUT2D eigenvalue weighted by atomic mass is 9.87. The van der Waals surface area contributed by atoms with Gasteiger partial charge in [-0.25, -0.2) is 4.39 Å². The molecule has 2 fully saturated rings. The first-order valence-corrected chi connectivity index (χ1v) is 11.1. The highest BCUT2D eigenvalue weighted by Crippen LogP contribution is 2.30. The fourth-order valence-electron chi connectivity index (χ4n) is 5.04. The number of hydrogen-bond donors (Lipinski definition) is 1. The number of halogens is 1. The van der Waals surface area contributed by atoms with Gasteiger partial charge in [0.05, 0.1) is 0 Å². The number of piperidine rings is 2. The number of carbonyl (C=O) groups is 1. The summed E-state index contributed by atoms with van der Waals surface area (Å²) in [4.78, 5) is 14.9. The molecule has 1 aromatic carbocycles. The van der Waals surface area contributed by atoms with Gasteiger partial charge in [-0.2, -0.15) is 0 Å². The van der Waals surface area contributed by atoms with E-state index in [0.29, 0.717) is 18.6 Å². The minimum atomic E-state index is -0.408. The van der Waals surface area contributed by atoms with Crippen molar-refractivity contribution in [2.45, 2.75) is 63.9 Å². The summed E-state index contributed by atoms with van der Waals surface area (Å²) in [5.74, 6) is 2.22. The van der Waals surface area contributed by atoms with Crippen molar-refractivity contribution in [2.24, 2.45) is 11.8 Å². The van der Waals surface area contributed by atoms with Crippen LogP contribution < -0.4 is 10.1 Å². The Bertz CT molecular complexity index is 667. The molecule has 154 valence electrons. The van der Waals surface area contributed by atoms with Crippen LogP contribution in [0.3, 0.4) is 0 Å². The lowest BCUT2D eigenvalue weighted by Crippen LogP contribution is -2.46. The number of benzene rings is 1. The van der Waals surface area contributed by atoms with E-state index < -0.39 is 6.10 Å². The average Bonchev–Trinajstić information content (AvgIpc) is 2.74. The maximum atomic E-state index is 13.3. The Morgan fingerprint density at radius 2 is 1.79 bits per heavy atom. The summed E-state index contributed by atoms with van der Waals surface area (Å²) in [6.45, 7) is 4.08. The SMILES string of the molecule is O=C(C1CCc2cc(F)ccc2O1)N1CCC(CCCC2CCNCC2)CC1. The fraction of sp³-hybridized carbons (Fsp3) is 0.696. The van der Waals surface area contributed by atoms with Gasteiger partial charge in [0, 0.05) is 13.1 Å². The minimum absolute atomic E-state index is 0.114. The molecule has 4 rings (SSSR count). The maximum Gasteiger partial charge on any atom is 0.263 e. The quantitative estimate of drug-likeness (QED) is 0.831. The third-order valence-corrected chi connectivity index (χ3v) is 6.85. The summed E-state index contributed by atoms with van der Waals surface area (Å²) in [6, 6.07) is 4.57. The maximum absolute atomic E-state index is 13.3. The number of amides is 1. The molecular weight excluding hydrogens is 355 g/mol. The zero-order valence-corrected chi connectivity index (χ0v) is 16.8. The lowest BCUT2D eigenvalue weighted by molar-refractivity contribution is -0.140.